The van der Waals surface area contributed by atoms with Crippen molar-refractivity contribution in [3.8, 4) is 5.75 Å². The van der Waals surface area contributed by atoms with Crippen molar-refractivity contribution in [2.45, 2.75) is 38.8 Å². The number of hydrogen-bond acceptors (Lipinski definition) is 2. The van der Waals surface area contributed by atoms with Crippen molar-refractivity contribution in [3.05, 3.63) is 42.5 Å². The smallest absolute Gasteiger partial charge is 0.127 e. The van der Waals surface area contributed by atoms with Crippen molar-refractivity contribution in [3.63, 3.8) is 0 Å². The third-order valence-corrected chi connectivity index (χ3v) is 4.63. The molecule has 0 saturated heterocycles. The zero-order valence-corrected chi connectivity index (χ0v) is 12.5. The number of ether oxygens (including phenoxy) is 1. The van der Waals surface area contributed by atoms with Gasteiger partial charge >= 0.3 is 0 Å². The minimum absolute atomic E-state index is 0.251. The molecule has 0 amide bonds. The summed E-state index contributed by atoms with van der Waals surface area (Å²) in [5.74, 6) is 1.01. The van der Waals surface area contributed by atoms with Gasteiger partial charge in [-0.3, -0.25) is 0 Å². The zero-order chi connectivity index (χ0) is 14.2. The molecule has 20 heavy (non-hydrogen) atoms. The van der Waals surface area contributed by atoms with Crippen LogP contribution in [-0.4, -0.2) is 19.2 Å². The van der Waals surface area contributed by atoms with Crippen LogP contribution in [0.5, 0.6) is 5.75 Å². The molecule has 3 rings (SSSR count). The Morgan fingerprint density at radius 1 is 1.10 bits per heavy atom. The highest BCUT2D eigenvalue weighted by Gasteiger charge is 2.42. The van der Waals surface area contributed by atoms with Crippen LogP contribution in [0.4, 0.5) is 0 Å². The van der Waals surface area contributed by atoms with Gasteiger partial charge in [0.1, 0.15) is 11.9 Å². The van der Waals surface area contributed by atoms with Crippen LogP contribution in [0.15, 0.2) is 42.5 Å². The number of likely N-dealkylation sites (N-methyl/N-ethyl adjacent to an activating group) is 1. The second-order valence-corrected chi connectivity index (χ2v) is 6.43. The first-order valence-corrected chi connectivity index (χ1v) is 7.43. The van der Waals surface area contributed by atoms with E-state index in [0.717, 1.165) is 12.2 Å². The lowest BCUT2D eigenvalue weighted by Gasteiger charge is -2.30. The van der Waals surface area contributed by atoms with E-state index in [1.54, 1.807) is 0 Å². The Hall–Kier alpha value is -1.54. The zero-order valence-electron chi connectivity index (χ0n) is 12.5. The Bertz CT molecular complexity index is 600. The highest BCUT2D eigenvalue weighted by atomic mass is 16.5. The predicted molar refractivity (Wildman–Crippen MR) is 84.2 cm³/mol. The summed E-state index contributed by atoms with van der Waals surface area (Å²) in [6.07, 6.45) is 2.57. The number of nitrogens with one attached hydrogen (secondary N) is 1. The average Bonchev–Trinajstić information content (AvgIpc) is 2.73. The molecule has 0 heterocycles. The summed E-state index contributed by atoms with van der Waals surface area (Å²) < 4.78 is 6.37. The minimum atomic E-state index is 0.251. The van der Waals surface area contributed by atoms with Gasteiger partial charge in [-0.2, -0.15) is 0 Å². The van der Waals surface area contributed by atoms with E-state index >= 15 is 0 Å². The van der Waals surface area contributed by atoms with Crippen molar-refractivity contribution in [2.24, 2.45) is 5.41 Å². The number of rotatable bonds is 3. The second kappa shape index (κ2) is 5.10. The molecule has 106 valence electrons. The van der Waals surface area contributed by atoms with Gasteiger partial charge in [0.25, 0.3) is 0 Å². The van der Waals surface area contributed by atoms with Crippen molar-refractivity contribution in [1.29, 1.82) is 0 Å². The molecule has 0 aromatic heterocycles. The fraction of sp³-hybridized carbons (Fsp3) is 0.444. The van der Waals surface area contributed by atoms with E-state index in [-0.39, 0.29) is 6.10 Å². The first kappa shape index (κ1) is 13.4. The quantitative estimate of drug-likeness (QED) is 0.909. The lowest BCUT2D eigenvalue weighted by Crippen LogP contribution is -2.44. The van der Waals surface area contributed by atoms with Crippen LogP contribution in [0.3, 0.4) is 0 Å². The summed E-state index contributed by atoms with van der Waals surface area (Å²) in [6.45, 7) is 4.64. The fourth-order valence-corrected chi connectivity index (χ4v) is 3.50. The second-order valence-electron chi connectivity index (χ2n) is 6.43. The molecule has 1 saturated carbocycles. The van der Waals surface area contributed by atoms with Gasteiger partial charge < -0.3 is 10.1 Å². The van der Waals surface area contributed by atoms with Crippen molar-refractivity contribution < 1.29 is 4.74 Å². The Labute approximate surface area is 121 Å². The fourth-order valence-electron chi connectivity index (χ4n) is 3.50. The van der Waals surface area contributed by atoms with E-state index in [2.05, 4.69) is 61.6 Å². The molecule has 2 aromatic carbocycles. The van der Waals surface area contributed by atoms with Gasteiger partial charge in [0.2, 0.25) is 0 Å². The number of benzene rings is 2. The van der Waals surface area contributed by atoms with Crippen LogP contribution in [-0.2, 0) is 0 Å². The van der Waals surface area contributed by atoms with E-state index in [0.29, 0.717) is 11.5 Å². The Morgan fingerprint density at radius 3 is 2.65 bits per heavy atom. The molecule has 0 bridgehead atoms. The minimum Gasteiger partial charge on any atom is -0.488 e. The van der Waals surface area contributed by atoms with Gasteiger partial charge in [-0.15, -0.1) is 0 Å². The lowest BCUT2D eigenvalue weighted by atomic mass is 9.87. The van der Waals surface area contributed by atoms with Gasteiger partial charge in [0.15, 0.2) is 0 Å². The molecular weight excluding hydrogens is 246 g/mol. The standard InChI is InChI=1S/C18H23NO/c1-18(2)12-11-16(17(18)19-3)20-15-10-6-8-13-7-4-5-9-14(13)15/h4-10,16-17,19H,11-12H2,1-3H3. The highest BCUT2D eigenvalue weighted by Crippen LogP contribution is 2.40. The highest BCUT2D eigenvalue weighted by molar-refractivity contribution is 5.88. The van der Waals surface area contributed by atoms with Gasteiger partial charge in [-0.25, -0.2) is 0 Å². The van der Waals surface area contributed by atoms with Crippen LogP contribution in [0.25, 0.3) is 10.8 Å². The van der Waals surface area contributed by atoms with Gasteiger partial charge in [0.05, 0.1) is 0 Å². The molecule has 2 unspecified atom stereocenters. The van der Waals surface area contributed by atoms with Crippen molar-refractivity contribution >= 4 is 10.8 Å². The van der Waals surface area contributed by atoms with E-state index in [4.69, 9.17) is 4.74 Å². The van der Waals surface area contributed by atoms with Crippen molar-refractivity contribution in [1.82, 2.24) is 5.32 Å². The van der Waals surface area contributed by atoms with E-state index in [1.807, 2.05) is 7.05 Å². The number of hydrogen-bond donors (Lipinski definition) is 1. The molecule has 1 N–H and O–H groups in total. The molecule has 2 nitrogen and oxygen atoms in total. The van der Waals surface area contributed by atoms with Crippen LogP contribution in [0.1, 0.15) is 26.7 Å². The van der Waals surface area contributed by atoms with E-state index < -0.39 is 0 Å². The lowest BCUT2D eigenvalue weighted by molar-refractivity contribution is 0.147. The number of fused-ring (bicyclic) bond motifs is 1. The molecule has 2 heteroatoms. The molecular formula is C18H23NO. The molecule has 0 radical (unpaired) electrons. The topological polar surface area (TPSA) is 21.3 Å². The summed E-state index contributed by atoms with van der Waals surface area (Å²) in [5, 5.41) is 5.89. The van der Waals surface area contributed by atoms with Crippen molar-refractivity contribution in [2.75, 3.05) is 7.05 Å². The van der Waals surface area contributed by atoms with Crippen LogP contribution in [0.2, 0.25) is 0 Å². The predicted octanol–water partition coefficient (Wildman–Crippen LogP) is 4.00. The Kier molecular flexibility index (Phi) is 3.43. The maximum Gasteiger partial charge on any atom is 0.127 e. The summed E-state index contributed by atoms with van der Waals surface area (Å²) in [4.78, 5) is 0. The summed E-state index contributed by atoms with van der Waals surface area (Å²) in [7, 11) is 2.04. The van der Waals surface area contributed by atoms with Gasteiger partial charge in [0, 0.05) is 11.4 Å². The Morgan fingerprint density at radius 2 is 1.85 bits per heavy atom. The summed E-state index contributed by atoms with van der Waals surface area (Å²) in [5.41, 5.74) is 0.296. The maximum absolute atomic E-state index is 6.37. The first-order valence-electron chi connectivity index (χ1n) is 7.43. The molecule has 1 aliphatic carbocycles. The van der Waals surface area contributed by atoms with Gasteiger partial charge in [-0.05, 0) is 36.8 Å². The Balaban J connectivity index is 1.90. The first-order chi connectivity index (χ1) is 9.62. The van der Waals surface area contributed by atoms with E-state index in [1.165, 1.54) is 17.2 Å². The molecule has 2 aromatic rings. The normalized spacial score (nSPS) is 24.9. The maximum atomic E-state index is 6.37. The third kappa shape index (κ3) is 2.29. The van der Waals surface area contributed by atoms with Crippen LogP contribution >= 0.6 is 0 Å². The molecule has 1 aliphatic rings. The van der Waals surface area contributed by atoms with Crippen LogP contribution < -0.4 is 10.1 Å². The molecule has 0 spiro atoms. The average molecular weight is 269 g/mol. The summed E-state index contributed by atoms with van der Waals surface area (Å²) >= 11 is 0. The monoisotopic (exact) mass is 269 g/mol. The summed E-state index contributed by atoms with van der Waals surface area (Å²) in [6, 6.07) is 15.1. The molecule has 2 atom stereocenters. The molecule has 1 fully saturated rings. The van der Waals surface area contributed by atoms with Gasteiger partial charge in [-0.1, -0.05) is 50.2 Å². The molecule has 0 aliphatic heterocycles. The SMILES string of the molecule is CNC1C(Oc2cccc3ccccc23)CCC1(C)C. The largest absolute Gasteiger partial charge is 0.488 e. The third-order valence-electron chi connectivity index (χ3n) is 4.63. The van der Waals surface area contributed by atoms with Crippen LogP contribution in [0, 0.1) is 5.41 Å². The van der Waals surface area contributed by atoms with E-state index in [9.17, 15) is 0 Å².